The van der Waals surface area contributed by atoms with E-state index in [0.29, 0.717) is 11.3 Å². The summed E-state index contributed by atoms with van der Waals surface area (Å²) in [7, 11) is 1.91. The Morgan fingerprint density at radius 2 is 2.29 bits per heavy atom. The number of nitrogens with two attached hydrogens (primary N) is 2. The molecule has 0 saturated heterocycles. The van der Waals surface area contributed by atoms with Crippen LogP contribution in [0.2, 0.25) is 0 Å². The normalized spacial score (nSPS) is 17.0. The summed E-state index contributed by atoms with van der Waals surface area (Å²) in [5.41, 5.74) is 13.2. The second-order valence-electron chi connectivity index (χ2n) is 3.59. The Morgan fingerprint density at radius 1 is 1.64 bits per heavy atom. The predicted octanol–water partition coefficient (Wildman–Crippen LogP) is 0.314. The van der Waals surface area contributed by atoms with Crippen LogP contribution in [-0.4, -0.2) is 24.4 Å². The fourth-order valence-corrected chi connectivity index (χ4v) is 1.62. The van der Waals surface area contributed by atoms with Gasteiger partial charge in [-0.05, 0) is 12.0 Å². The van der Waals surface area contributed by atoms with Crippen molar-refractivity contribution in [2.45, 2.75) is 19.8 Å². The summed E-state index contributed by atoms with van der Waals surface area (Å²) in [5, 5.41) is 0. The van der Waals surface area contributed by atoms with Gasteiger partial charge in [0.25, 0.3) is 5.91 Å². The molecule has 0 saturated carbocycles. The van der Waals surface area contributed by atoms with Crippen molar-refractivity contribution >= 4 is 5.91 Å². The topological polar surface area (TPSA) is 72.3 Å². The van der Waals surface area contributed by atoms with Crippen molar-refractivity contribution < 1.29 is 4.79 Å². The van der Waals surface area contributed by atoms with Crippen molar-refractivity contribution in [3.05, 3.63) is 23.0 Å². The number of hydrogen-bond donors (Lipinski definition) is 2. The van der Waals surface area contributed by atoms with Gasteiger partial charge in [-0.25, -0.2) is 0 Å². The van der Waals surface area contributed by atoms with E-state index in [2.05, 4.69) is 6.92 Å². The van der Waals surface area contributed by atoms with Gasteiger partial charge in [-0.15, -0.1) is 0 Å². The molecule has 0 atom stereocenters. The molecule has 0 aromatic heterocycles. The van der Waals surface area contributed by atoms with Gasteiger partial charge in [-0.1, -0.05) is 13.3 Å². The number of primary amides is 1. The lowest BCUT2D eigenvalue weighted by atomic mass is 10.00. The van der Waals surface area contributed by atoms with Crippen molar-refractivity contribution in [3.8, 4) is 0 Å². The Bertz CT molecular complexity index is 304. The molecular formula is C10H17N3O. The second kappa shape index (κ2) is 4.17. The number of likely N-dealkylation sites (N-methyl/N-ethyl adjacent to an activating group) is 1. The molecule has 0 bridgehead atoms. The molecule has 0 fully saturated rings. The highest BCUT2D eigenvalue weighted by Crippen LogP contribution is 2.20. The van der Waals surface area contributed by atoms with Crippen LogP contribution in [0.3, 0.4) is 0 Å². The van der Waals surface area contributed by atoms with Crippen molar-refractivity contribution in [1.29, 1.82) is 0 Å². The van der Waals surface area contributed by atoms with Crippen LogP contribution in [0.15, 0.2) is 23.0 Å². The number of rotatable bonds is 3. The maximum Gasteiger partial charge on any atom is 0.252 e. The van der Waals surface area contributed by atoms with Crippen LogP contribution in [-0.2, 0) is 4.79 Å². The van der Waals surface area contributed by atoms with Gasteiger partial charge < -0.3 is 16.4 Å². The Kier molecular flexibility index (Phi) is 3.17. The number of carbonyl (C=O) groups excluding carboxylic acids is 1. The number of hydrogen-bond acceptors (Lipinski definition) is 3. The minimum Gasteiger partial charge on any atom is -0.398 e. The molecule has 0 spiro atoms. The first kappa shape index (κ1) is 10.6. The first-order valence-electron chi connectivity index (χ1n) is 4.76. The minimum absolute atomic E-state index is 0.433. The highest BCUT2D eigenvalue weighted by molar-refractivity contribution is 5.96. The van der Waals surface area contributed by atoms with Gasteiger partial charge in [0.05, 0.1) is 5.57 Å². The highest BCUT2D eigenvalue weighted by atomic mass is 16.1. The molecule has 4 heteroatoms. The summed E-state index contributed by atoms with van der Waals surface area (Å²) in [6, 6.07) is 0. The van der Waals surface area contributed by atoms with Gasteiger partial charge in [0.15, 0.2) is 0 Å². The van der Waals surface area contributed by atoms with Crippen LogP contribution in [0.4, 0.5) is 0 Å². The van der Waals surface area contributed by atoms with E-state index >= 15 is 0 Å². The molecule has 0 unspecified atom stereocenters. The molecule has 0 radical (unpaired) electrons. The summed E-state index contributed by atoms with van der Waals surface area (Å²) in [4.78, 5) is 13.0. The zero-order valence-corrected chi connectivity index (χ0v) is 8.71. The van der Waals surface area contributed by atoms with Crippen LogP contribution >= 0.6 is 0 Å². The molecule has 0 aromatic rings. The van der Waals surface area contributed by atoms with Crippen LogP contribution in [0.5, 0.6) is 0 Å². The summed E-state index contributed by atoms with van der Waals surface area (Å²) in [5.74, 6) is -0.456. The standard InChI is InChI=1S/C10H17N3O/c1-3-4-7-5-13(2)6-8(9(7)11)10(12)14/h6H,3-5,11H2,1-2H3,(H2,12,14). The number of carbonyl (C=O) groups is 1. The lowest BCUT2D eigenvalue weighted by Gasteiger charge is -2.25. The second-order valence-corrected chi connectivity index (χ2v) is 3.59. The van der Waals surface area contributed by atoms with Gasteiger partial charge in [0.1, 0.15) is 0 Å². The lowest BCUT2D eigenvalue weighted by molar-refractivity contribution is -0.114. The van der Waals surface area contributed by atoms with Crippen LogP contribution in [0.1, 0.15) is 19.8 Å². The largest absolute Gasteiger partial charge is 0.398 e. The van der Waals surface area contributed by atoms with E-state index in [4.69, 9.17) is 11.5 Å². The fraction of sp³-hybridized carbons (Fsp3) is 0.500. The highest BCUT2D eigenvalue weighted by Gasteiger charge is 2.18. The SMILES string of the molecule is CCCC1=C(N)C(C(N)=O)=CN(C)C1. The summed E-state index contributed by atoms with van der Waals surface area (Å²) < 4.78 is 0. The fourth-order valence-electron chi connectivity index (χ4n) is 1.62. The smallest absolute Gasteiger partial charge is 0.252 e. The van der Waals surface area contributed by atoms with Crippen molar-refractivity contribution in [2.24, 2.45) is 11.5 Å². The van der Waals surface area contributed by atoms with Crippen molar-refractivity contribution in [1.82, 2.24) is 4.90 Å². The molecule has 1 heterocycles. The Labute approximate surface area is 84.2 Å². The third-order valence-electron chi connectivity index (χ3n) is 2.28. The Balaban J connectivity index is 2.99. The van der Waals surface area contributed by atoms with Gasteiger partial charge in [0, 0.05) is 25.5 Å². The summed E-state index contributed by atoms with van der Waals surface area (Å²) in [6.07, 6.45) is 3.65. The molecule has 78 valence electrons. The minimum atomic E-state index is -0.456. The van der Waals surface area contributed by atoms with E-state index in [1.165, 1.54) is 0 Å². The Morgan fingerprint density at radius 3 is 2.79 bits per heavy atom. The molecule has 14 heavy (non-hydrogen) atoms. The maximum atomic E-state index is 11.1. The monoisotopic (exact) mass is 195 g/mol. The van der Waals surface area contributed by atoms with E-state index in [1.807, 2.05) is 11.9 Å². The van der Waals surface area contributed by atoms with Crippen LogP contribution in [0.25, 0.3) is 0 Å². The molecule has 1 aliphatic heterocycles. The van der Waals surface area contributed by atoms with Crippen molar-refractivity contribution in [2.75, 3.05) is 13.6 Å². The third kappa shape index (κ3) is 2.07. The van der Waals surface area contributed by atoms with Crippen molar-refractivity contribution in [3.63, 3.8) is 0 Å². The zero-order valence-electron chi connectivity index (χ0n) is 8.71. The van der Waals surface area contributed by atoms with Gasteiger partial charge in [0.2, 0.25) is 0 Å². The molecular weight excluding hydrogens is 178 g/mol. The van der Waals surface area contributed by atoms with Gasteiger partial charge in [-0.3, -0.25) is 4.79 Å². The molecule has 4 nitrogen and oxygen atoms in total. The van der Waals surface area contributed by atoms with E-state index in [1.54, 1.807) is 6.20 Å². The molecule has 0 aromatic carbocycles. The maximum absolute atomic E-state index is 11.1. The first-order valence-corrected chi connectivity index (χ1v) is 4.76. The summed E-state index contributed by atoms with van der Waals surface area (Å²) in [6.45, 7) is 2.87. The van der Waals surface area contributed by atoms with Crippen LogP contribution in [0, 0.1) is 0 Å². The predicted molar refractivity (Wildman–Crippen MR) is 56.0 cm³/mol. The van der Waals surface area contributed by atoms with E-state index in [9.17, 15) is 4.79 Å². The molecule has 1 aliphatic rings. The number of amides is 1. The molecule has 4 N–H and O–H groups in total. The number of nitrogens with zero attached hydrogens (tertiary/aromatic N) is 1. The van der Waals surface area contributed by atoms with Gasteiger partial charge >= 0.3 is 0 Å². The molecule has 1 rings (SSSR count). The van der Waals surface area contributed by atoms with Gasteiger partial charge in [-0.2, -0.15) is 0 Å². The van der Waals surface area contributed by atoms with E-state index in [-0.39, 0.29) is 0 Å². The third-order valence-corrected chi connectivity index (χ3v) is 2.28. The Hall–Kier alpha value is -1.45. The summed E-state index contributed by atoms with van der Waals surface area (Å²) >= 11 is 0. The zero-order chi connectivity index (χ0) is 10.7. The van der Waals surface area contributed by atoms with E-state index in [0.717, 1.165) is 25.0 Å². The molecule has 1 amide bonds. The van der Waals surface area contributed by atoms with Crippen LogP contribution < -0.4 is 11.5 Å². The quantitative estimate of drug-likeness (QED) is 0.681. The first-order chi connectivity index (χ1) is 6.56. The molecule has 0 aliphatic carbocycles. The average molecular weight is 195 g/mol. The van der Waals surface area contributed by atoms with E-state index < -0.39 is 5.91 Å². The average Bonchev–Trinajstić information content (AvgIpc) is 2.10. The lowest BCUT2D eigenvalue weighted by Crippen LogP contribution is -2.30.